The Hall–Kier alpha value is -1.99. The topological polar surface area (TPSA) is 51.8 Å². The summed E-state index contributed by atoms with van der Waals surface area (Å²) < 4.78 is 7.48. The highest BCUT2D eigenvalue weighted by molar-refractivity contribution is 7.07. The maximum absolute atomic E-state index is 6.44. The van der Waals surface area contributed by atoms with E-state index in [0.29, 0.717) is 16.6 Å². The molecule has 8 heteroatoms. The molecule has 2 aromatic heterocycles. The van der Waals surface area contributed by atoms with E-state index in [9.17, 15) is 0 Å². The van der Waals surface area contributed by atoms with Gasteiger partial charge in [-0.2, -0.15) is 5.10 Å². The first-order valence-corrected chi connectivity index (χ1v) is 10.6. The zero-order valence-corrected chi connectivity index (χ0v) is 17.3. The Morgan fingerprint density at radius 3 is 2.96 bits per heavy atom. The lowest BCUT2D eigenvalue weighted by Gasteiger charge is -2.07. The van der Waals surface area contributed by atoms with Gasteiger partial charge in [0.15, 0.2) is 0 Å². The van der Waals surface area contributed by atoms with Crippen molar-refractivity contribution in [3.8, 4) is 11.3 Å². The van der Waals surface area contributed by atoms with Crippen LogP contribution in [0.4, 0.5) is 0 Å². The van der Waals surface area contributed by atoms with Gasteiger partial charge in [-0.25, -0.2) is 4.68 Å². The van der Waals surface area contributed by atoms with Crippen molar-refractivity contribution in [3.63, 3.8) is 0 Å². The normalized spacial score (nSPS) is 17.6. The van der Waals surface area contributed by atoms with E-state index in [1.807, 2.05) is 35.7 Å². The van der Waals surface area contributed by atoms with Crippen LogP contribution in [0.3, 0.4) is 0 Å². The largest absolute Gasteiger partial charge is 0.376 e. The summed E-state index contributed by atoms with van der Waals surface area (Å²) in [5.41, 5.74) is 2.46. The van der Waals surface area contributed by atoms with Crippen molar-refractivity contribution in [2.75, 3.05) is 13.2 Å². The zero-order chi connectivity index (χ0) is 19.3. The summed E-state index contributed by atoms with van der Waals surface area (Å²) in [5.74, 6) is 0. The van der Waals surface area contributed by atoms with E-state index in [2.05, 4.69) is 10.1 Å². The summed E-state index contributed by atoms with van der Waals surface area (Å²) >= 11 is 14.0. The molecule has 1 fully saturated rings. The van der Waals surface area contributed by atoms with Crippen molar-refractivity contribution in [1.29, 1.82) is 0 Å². The fourth-order valence-electron chi connectivity index (χ4n) is 2.94. The summed E-state index contributed by atoms with van der Waals surface area (Å²) in [7, 11) is 0. The highest BCUT2D eigenvalue weighted by Gasteiger charge is 2.16. The summed E-state index contributed by atoms with van der Waals surface area (Å²) in [6.07, 6.45) is 5.76. The predicted octanol–water partition coefficient (Wildman–Crippen LogP) is 4.88. The number of benzene rings is 1. The predicted molar refractivity (Wildman–Crippen MR) is 114 cm³/mol. The monoisotopic (exact) mass is 432 g/mol. The lowest BCUT2D eigenvalue weighted by molar-refractivity contribution is 0.117. The summed E-state index contributed by atoms with van der Waals surface area (Å²) in [6, 6.07) is 11.1. The molecule has 1 aliphatic heterocycles. The molecule has 1 aromatic carbocycles. The van der Waals surface area contributed by atoms with E-state index in [0.717, 1.165) is 41.2 Å². The third-order valence-corrected chi connectivity index (χ3v) is 5.74. The van der Waals surface area contributed by atoms with Crippen LogP contribution in [-0.2, 0) is 4.74 Å². The third-order valence-electron chi connectivity index (χ3n) is 4.34. The molecule has 0 bridgehead atoms. The van der Waals surface area contributed by atoms with Gasteiger partial charge in [0.25, 0.3) is 0 Å². The number of aromatic nitrogens is 2. The molecule has 1 atom stereocenters. The Balaban J connectivity index is 1.75. The van der Waals surface area contributed by atoms with Crippen LogP contribution in [0.1, 0.15) is 18.5 Å². The van der Waals surface area contributed by atoms with Crippen molar-refractivity contribution >= 4 is 40.8 Å². The number of nitrogens with zero attached hydrogens (tertiary/aromatic N) is 4. The number of hydrogen-bond donors (Lipinski definition) is 0. The van der Waals surface area contributed by atoms with Gasteiger partial charge in [0.2, 0.25) is 4.80 Å². The lowest BCUT2D eigenvalue weighted by atomic mass is 10.2. The third kappa shape index (κ3) is 4.52. The molecule has 0 aliphatic carbocycles. The van der Waals surface area contributed by atoms with Crippen LogP contribution in [0.25, 0.3) is 11.3 Å². The van der Waals surface area contributed by atoms with Crippen LogP contribution in [0.15, 0.2) is 58.1 Å². The van der Waals surface area contributed by atoms with Crippen LogP contribution < -0.4 is 4.80 Å². The second kappa shape index (κ2) is 9.01. The van der Waals surface area contributed by atoms with Crippen molar-refractivity contribution in [2.45, 2.75) is 18.9 Å². The van der Waals surface area contributed by atoms with Gasteiger partial charge < -0.3 is 4.74 Å². The van der Waals surface area contributed by atoms with E-state index in [1.54, 1.807) is 23.2 Å². The number of ether oxygens (including phenoxy) is 1. The van der Waals surface area contributed by atoms with Crippen LogP contribution >= 0.6 is 34.5 Å². The molecule has 3 heterocycles. The van der Waals surface area contributed by atoms with E-state index < -0.39 is 0 Å². The first kappa shape index (κ1) is 19.3. The molecule has 0 spiro atoms. The molecule has 1 aliphatic rings. The smallest absolute Gasteiger partial charge is 0.206 e. The number of rotatable bonds is 5. The van der Waals surface area contributed by atoms with Crippen LogP contribution in [0.5, 0.6) is 0 Å². The molecule has 144 valence electrons. The van der Waals surface area contributed by atoms with Gasteiger partial charge in [-0.1, -0.05) is 29.3 Å². The van der Waals surface area contributed by atoms with E-state index >= 15 is 0 Å². The van der Waals surface area contributed by atoms with E-state index in [4.69, 9.17) is 32.9 Å². The average Bonchev–Trinajstić information content (AvgIpc) is 3.35. The maximum atomic E-state index is 6.44. The second-order valence-corrected chi connectivity index (χ2v) is 7.99. The molecule has 5 nitrogen and oxygen atoms in total. The average molecular weight is 433 g/mol. The maximum Gasteiger partial charge on any atom is 0.206 e. The highest BCUT2D eigenvalue weighted by Crippen LogP contribution is 2.30. The van der Waals surface area contributed by atoms with Crippen LogP contribution in [0.2, 0.25) is 10.0 Å². The van der Waals surface area contributed by atoms with Gasteiger partial charge in [-0.05, 0) is 43.2 Å². The fourth-order valence-corrected chi connectivity index (χ4v) is 4.28. The van der Waals surface area contributed by atoms with Crippen LogP contribution in [-0.4, -0.2) is 35.1 Å². The lowest BCUT2D eigenvalue weighted by Crippen LogP contribution is -2.17. The Labute approximate surface area is 176 Å². The molecule has 1 saturated heterocycles. The summed E-state index contributed by atoms with van der Waals surface area (Å²) in [6.45, 7) is 1.43. The summed E-state index contributed by atoms with van der Waals surface area (Å²) in [4.78, 5) is 9.82. The Kier molecular flexibility index (Phi) is 6.22. The first-order chi connectivity index (χ1) is 13.7. The molecule has 0 radical (unpaired) electrons. The molecule has 0 amide bonds. The molecule has 3 aromatic rings. The molecule has 0 N–H and O–H groups in total. The molecule has 4 rings (SSSR count). The Morgan fingerprint density at radius 2 is 2.21 bits per heavy atom. The first-order valence-electron chi connectivity index (χ1n) is 8.94. The van der Waals surface area contributed by atoms with Crippen molar-refractivity contribution in [3.05, 3.63) is 68.5 Å². The summed E-state index contributed by atoms with van der Waals surface area (Å²) in [5, 5.41) is 7.79. The fraction of sp³-hybridized carbons (Fsp3) is 0.250. The second-order valence-electron chi connectivity index (χ2n) is 6.31. The van der Waals surface area contributed by atoms with Gasteiger partial charge in [0, 0.05) is 28.8 Å². The zero-order valence-electron chi connectivity index (χ0n) is 15.0. The van der Waals surface area contributed by atoms with Gasteiger partial charge >= 0.3 is 0 Å². The molecular weight excluding hydrogens is 415 g/mol. The minimum atomic E-state index is 0.179. The minimum Gasteiger partial charge on any atom is -0.376 e. The van der Waals surface area contributed by atoms with Gasteiger partial charge in [0.1, 0.15) is 0 Å². The van der Waals surface area contributed by atoms with Gasteiger partial charge in [-0.15, -0.1) is 11.3 Å². The number of pyridine rings is 1. The number of hydrogen-bond acceptors (Lipinski definition) is 5. The highest BCUT2D eigenvalue weighted by atomic mass is 35.5. The standard InChI is InChI=1S/C20H18Cl2N4OS/c21-14-6-7-17(18(22)10-14)19-13-28-20(24-12-16-5-3-9-27-16)26(19)25-11-15-4-1-2-8-23-15/h1-2,4,6-8,10-11,13,16H,3,5,9,12H2/b24-20?,25-11+. The molecular formula is C20H18Cl2N4OS. The quantitative estimate of drug-likeness (QED) is 0.539. The Morgan fingerprint density at radius 1 is 1.29 bits per heavy atom. The van der Waals surface area contributed by atoms with Gasteiger partial charge in [-0.3, -0.25) is 9.98 Å². The number of halogens is 2. The van der Waals surface area contributed by atoms with E-state index in [-0.39, 0.29) is 6.10 Å². The van der Waals surface area contributed by atoms with E-state index in [1.165, 1.54) is 11.3 Å². The van der Waals surface area contributed by atoms with Crippen molar-refractivity contribution < 1.29 is 4.74 Å². The molecule has 0 saturated carbocycles. The minimum absolute atomic E-state index is 0.179. The van der Waals surface area contributed by atoms with Gasteiger partial charge in [0.05, 0.1) is 35.3 Å². The van der Waals surface area contributed by atoms with Crippen LogP contribution in [0, 0.1) is 0 Å². The number of thiazole rings is 1. The molecule has 1 unspecified atom stereocenters. The van der Waals surface area contributed by atoms with Crippen molar-refractivity contribution in [2.24, 2.45) is 10.1 Å². The van der Waals surface area contributed by atoms with Crippen molar-refractivity contribution in [1.82, 2.24) is 9.66 Å². The molecule has 28 heavy (non-hydrogen) atoms. The SMILES string of the molecule is Clc1ccc(-c2csc(=NCC3CCCO3)n2/N=C/c2ccccn2)c(Cl)c1. The Bertz CT molecular complexity index is 1040.